The van der Waals surface area contributed by atoms with E-state index >= 15 is 0 Å². The van der Waals surface area contributed by atoms with E-state index < -0.39 is 0 Å². The summed E-state index contributed by atoms with van der Waals surface area (Å²) in [5.41, 5.74) is 0.968. The predicted molar refractivity (Wildman–Crippen MR) is 115 cm³/mol. The Morgan fingerprint density at radius 3 is 2.84 bits per heavy atom. The van der Waals surface area contributed by atoms with Crippen molar-refractivity contribution in [2.24, 2.45) is 4.99 Å². The minimum absolute atomic E-state index is 0. The third kappa shape index (κ3) is 6.61. The lowest BCUT2D eigenvalue weighted by atomic mass is 10.3. The van der Waals surface area contributed by atoms with Crippen molar-refractivity contribution >= 4 is 52.3 Å². The molecular weight excluding hydrogens is 451 g/mol. The fraction of sp³-hybridized carbons (Fsp3) is 0.688. The van der Waals surface area contributed by atoms with Crippen LogP contribution >= 0.6 is 35.3 Å². The van der Waals surface area contributed by atoms with E-state index in [1.54, 1.807) is 11.3 Å². The molecule has 0 bridgehead atoms. The Morgan fingerprint density at radius 2 is 2.24 bits per heavy atom. The predicted octanol–water partition coefficient (Wildman–Crippen LogP) is 1.89. The first-order valence-corrected chi connectivity index (χ1v) is 9.35. The number of nitrogens with zero attached hydrogens (tertiary/aromatic N) is 4. The summed E-state index contributed by atoms with van der Waals surface area (Å²) in [6.07, 6.45) is 1.52. The first-order valence-electron chi connectivity index (χ1n) is 8.47. The second-order valence-electron chi connectivity index (χ2n) is 6.03. The van der Waals surface area contributed by atoms with Crippen LogP contribution in [0.25, 0.3) is 0 Å². The van der Waals surface area contributed by atoms with Gasteiger partial charge in [0.1, 0.15) is 0 Å². The van der Waals surface area contributed by atoms with Crippen LogP contribution in [-0.2, 0) is 11.3 Å². The fourth-order valence-corrected chi connectivity index (χ4v) is 3.33. The summed E-state index contributed by atoms with van der Waals surface area (Å²) in [5, 5.41) is 9.73. The molecule has 0 radical (unpaired) electrons. The molecule has 1 aromatic heterocycles. The number of halogens is 1. The fourth-order valence-electron chi connectivity index (χ4n) is 2.58. The number of hydrogen-bond donors (Lipinski definition) is 2. The number of guanidine groups is 1. The van der Waals surface area contributed by atoms with Crippen molar-refractivity contribution in [3.63, 3.8) is 0 Å². The van der Waals surface area contributed by atoms with Crippen LogP contribution in [-0.4, -0.2) is 61.5 Å². The number of likely N-dealkylation sites (tertiary alicyclic amines) is 1. The van der Waals surface area contributed by atoms with Crippen LogP contribution in [0.5, 0.6) is 0 Å². The second kappa shape index (κ2) is 10.8. The van der Waals surface area contributed by atoms with Gasteiger partial charge in [0, 0.05) is 51.6 Å². The van der Waals surface area contributed by atoms with Gasteiger partial charge in [-0.2, -0.15) is 0 Å². The van der Waals surface area contributed by atoms with Gasteiger partial charge in [-0.15, -0.1) is 35.3 Å². The van der Waals surface area contributed by atoms with Crippen molar-refractivity contribution in [2.45, 2.75) is 39.3 Å². The van der Waals surface area contributed by atoms with Crippen LogP contribution in [0.1, 0.15) is 32.4 Å². The van der Waals surface area contributed by atoms with Crippen LogP contribution in [0.3, 0.4) is 0 Å². The third-order valence-electron chi connectivity index (χ3n) is 3.85. The maximum absolute atomic E-state index is 11.8. The summed E-state index contributed by atoms with van der Waals surface area (Å²) < 4.78 is 0. The summed E-state index contributed by atoms with van der Waals surface area (Å²) in [4.78, 5) is 24.9. The van der Waals surface area contributed by atoms with Crippen molar-refractivity contribution in [1.82, 2.24) is 20.5 Å². The molecular formula is C16H29IN6OS. The number of thiazole rings is 1. The molecule has 25 heavy (non-hydrogen) atoms. The average Bonchev–Trinajstić information content (AvgIpc) is 3.21. The Bertz CT molecular complexity index is 577. The van der Waals surface area contributed by atoms with Crippen molar-refractivity contribution in [3.05, 3.63) is 11.1 Å². The Balaban J connectivity index is 0.00000312. The van der Waals surface area contributed by atoms with Gasteiger partial charge in [0.2, 0.25) is 5.91 Å². The highest BCUT2D eigenvalue weighted by molar-refractivity contribution is 14.0. The zero-order valence-corrected chi connectivity index (χ0v) is 18.6. The Morgan fingerprint density at radius 1 is 1.48 bits per heavy atom. The van der Waals surface area contributed by atoms with Gasteiger partial charge in [0.25, 0.3) is 0 Å². The van der Waals surface area contributed by atoms with Crippen molar-refractivity contribution < 1.29 is 4.79 Å². The van der Waals surface area contributed by atoms with Crippen LogP contribution in [0.15, 0.2) is 10.4 Å². The van der Waals surface area contributed by atoms with Gasteiger partial charge in [-0.1, -0.05) is 6.92 Å². The zero-order valence-electron chi connectivity index (χ0n) is 15.4. The average molecular weight is 480 g/mol. The van der Waals surface area contributed by atoms with E-state index in [2.05, 4.69) is 20.6 Å². The number of nitrogens with one attached hydrogen (secondary N) is 2. The van der Waals surface area contributed by atoms with Gasteiger partial charge in [-0.05, 0) is 13.3 Å². The van der Waals surface area contributed by atoms with E-state index in [4.69, 9.17) is 0 Å². The van der Waals surface area contributed by atoms with E-state index in [1.165, 1.54) is 0 Å². The van der Waals surface area contributed by atoms with E-state index in [0.29, 0.717) is 13.0 Å². The molecule has 1 atom stereocenters. The number of carbonyl (C=O) groups excluding carboxylic acids is 1. The maximum atomic E-state index is 11.8. The topological polar surface area (TPSA) is 72.9 Å². The van der Waals surface area contributed by atoms with Crippen LogP contribution in [0.2, 0.25) is 0 Å². The second-order valence-corrected chi connectivity index (χ2v) is 6.87. The molecule has 1 unspecified atom stereocenters. The molecule has 1 saturated heterocycles. The highest BCUT2D eigenvalue weighted by Crippen LogP contribution is 2.18. The van der Waals surface area contributed by atoms with Gasteiger partial charge in [-0.3, -0.25) is 4.79 Å². The highest BCUT2D eigenvalue weighted by atomic mass is 127. The molecule has 2 N–H and O–H groups in total. The van der Waals surface area contributed by atoms with E-state index in [-0.39, 0.29) is 35.9 Å². The molecule has 7 nitrogen and oxygen atoms in total. The van der Waals surface area contributed by atoms with E-state index in [1.807, 2.05) is 43.1 Å². The van der Waals surface area contributed by atoms with Crippen LogP contribution in [0.4, 0.5) is 5.13 Å². The van der Waals surface area contributed by atoms with Gasteiger partial charge in [-0.25, -0.2) is 9.98 Å². The molecule has 1 aliphatic heterocycles. The molecule has 0 spiro atoms. The summed E-state index contributed by atoms with van der Waals surface area (Å²) in [6, 6.07) is 0.256. The van der Waals surface area contributed by atoms with Crippen molar-refractivity contribution in [3.8, 4) is 0 Å². The molecule has 0 aliphatic carbocycles. The molecule has 0 aromatic carbocycles. The number of amides is 1. The number of anilines is 1. The van der Waals surface area contributed by atoms with Crippen molar-refractivity contribution in [1.29, 1.82) is 0 Å². The molecule has 1 fully saturated rings. The monoisotopic (exact) mass is 480 g/mol. The smallest absolute Gasteiger partial charge is 0.222 e. The minimum atomic E-state index is 0. The molecule has 9 heteroatoms. The lowest BCUT2D eigenvalue weighted by Crippen LogP contribution is -2.45. The van der Waals surface area contributed by atoms with Crippen LogP contribution in [0, 0.1) is 0 Å². The zero-order chi connectivity index (χ0) is 17.5. The number of aliphatic imine (C=N–C) groups is 1. The van der Waals surface area contributed by atoms with E-state index in [9.17, 15) is 4.79 Å². The van der Waals surface area contributed by atoms with Crippen molar-refractivity contribution in [2.75, 3.05) is 38.6 Å². The Kier molecular flexibility index (Phi) is 9.47. The summed E-state index contributed by atoms with van der Waals surface area (Å²) in [5.74, 6) is 1.01. The number of hydrogen-bond acceptors (Lipinski definition) is 5. The summed E-state index contributed by atoms with van der Waals surface area (Å²) >= 11 is 1.62. The lowest BCUT2D eigenvalue weighted by Gasteiger charge is -2.18. The quantitative estimate of drug-likeness (QED) is 0.370. The Labute approximate surface area is 171 Å². The summed E-state index contributed by atoms with van der Waals surface area (Å²) in [6.45, 7) is 6.87. The first-order chi connectivity index (χ1) is 11.5. The molecule has 1 aromatic rings. The number of carbonyl (C=O) groups is 1. The molecule has 2 rings (SSSR count). The number of rotatable bonds is 6. The molecule has 142 valence electrons. The maximum Gasteiger partial charge on any atom is 0.222 e. The number of aromatic nitrogens is 1. The van der Waals surface area contributed by atoms with Gasteiger partial charge < -0.3 is 20.4 Å². The molecule has 2 heterocycles. The van der Waals surface area contributed by atoms with E-state index in [0.717, 1.165) is 42.8 Å². The normalized spacial score (nSPS) is 17.2. The van der Waals surface area contributed by atoms with Gasteiger partial charge >= 0.3 is 0 Å². The molecule has 0 saturated carbocycles. The van der Waals surface area contributed by atoms with Gasteiger partial charge in [0.05, 0.1) is 12.2 Å². The largest absolute Gasteiger partial charge is 0.357 e. The van der Waals surface area contributed by atoms with Crippen LogP contribution < -0.4 is 15.5 Å². The molecule has 1 amide bonds. The highest BCUT2D eigenvalue weighted by Gasteiger charge is 2.25. The Hall–Kier alpha value is -1.10. The summed E-state index contributed by atoms with van der Waals surface area (Å²) in [7, 11) is 3.97. The third-order valence-corrected chi connectivity index (χ3v) is 4.91. The first kappa shape index (κ1) is 21.9. The minimum Gasteiger partial charge on any atom is -0.357 e. The molecule has 1 aliphatic rings. The van der Waals surface area contributed by atoms with Gasteiger partial charge in [0.15, 0.2) is 11.1 Å². The lowest BCUT2D eigenvalue weighted by molar-refractivity contribution is -0.129. The SMILES string of the molecule is CCNC(=NCc1csc(N(C)C)n1)NC1CCN(C(=O)CC)C1.I. The standard InChI is InChI=1S/C16H28N6OS.HI/c1-5-14(23)22-8-7-12(10-22)19-15(17-6-2)18-9-13-11-24-16(20-13)21(3)4;/h11-12H,5-10H2,1-4H3,(H2,17,18,19);1H.